The number of rotatable bonds is 8. The zero-order valence-electron chi connectivity index (χ0n) is 16.3. The van der Waals surface area contributed by atoms with Gasteiger partial charge in [-0.1, -0.05) is 35.9 Å². The number of methoxy groups -OCH3 is 1. The Kier molecular flexibility index (Phi) is 6.78. The van der Waals surface area contributed by atoms with Gasteiger partial charge >= 0.3 is 6.61 Å². The van der Waals surface area contributed by atoms with Crippen molar-refractivity contribution in [1.82, 2.24) is 20.1 Å². The molecule has 2 aromatic carbocycles. The number of benzene rings is 2. The Hall–Kier alpha value is -3.27. The lowest BCUT2D eigenvalue weighted by Crippen LogP contribution is -2.27. The van der Waals surface area contributed by atoms with E-state index in [0.29, 0.717) is 16.2 Å². The van der Waals surface area contributed by atoms with Gasteiger partial charge in [0.25, 0.3) is 0 Å². The van der Waals surface area contributed by atoms with Crippen LogP contribution < -0.4 is 14.8 Å². The van der Waals surface area contributed by atoms with Gasteiger partial charge in [0.15, 0.2) is 22.1 Å². The van der Waals surface area contributed by atoms with Crippen molar-refractivity contribution >= 4 is 18.1 Å². The van der Waals surface area contributed by atoms with Gasteiger partial charge in [0.05, 0.1) is 7.11 Å². The minimum Gasteiger partial charge on any atom is -0.493 e. The van der Waals surface area contributed by atoms with Gasteiger partial charge in [-0.15, -0.1) is 0 Å². The minimum atomic E-state index is -2.95. The molecule has 0 unspecified atom stereocenters. The highest BCUT2D eigenvalue weighted by Gasteiger charge is 2.14. The molecule has 30 heavy (non-hydrogen) atoms. The molecule has 0 fully saturated rings. The van der Waals surface area contributed by atoms with E-state index < -0.39 is 6.61 Å². The van der Waals surface area contributed by atoms with E-state index in [2.05, 4.69) is 20.3 Å². The third-order valence-electron chi connectivity index (χ3n) is 4.30. The van der Waals surface area contributed by atoms with Crippen molar-refractivity contribution < 1.29 is 23.0 Å². The summed E-state index contributed by atoms with van der Waals surface area (Å²) in [6.45, 7) is -0.820. The molecule has 7 nitrogen and oxygen atoms in total. The number of alkyl halides is 2. The Bertz CT molecular complexity index is 1080. The standard InChI is InChI=1S/C20H20F2N4O3S/c1-12-3-6-14(7-4-12)18-24-25-20(30)26(18)11-17(27)23-10-13-5-8-15(29-19(21)22)16(9-13)28-2/h3-9,19H,10-11H2,1-2H3,(H,23,27)(H,25,30). The van der Waals surface area contributed by atoms with Crippen LogP contribution in [-0.2, 0) is 17.9 Å². The summed E-state index contributed by atoms with van der Waals surface area (Å²) in [7, 11) is 1.35. The van der Waals surface area contributed by atoms with E-state index in [4.69, 9.17) is 17.0 Å². The van der Waals surface area contributed by atoms with Gasteiger partial charge in [0.2, 0.25) is 5.91 Å². The monoisotopic (exact) mass is 434 g/mol. The van der Waals surface area contributed by atoms with Gasteiger partial charge in [-0.2, -0.15) is 13.9 Å². The molecule has 0 bridgehead atoms. The molecule has 10 heteroatoms. The Labute approximate surface area is 176 Å². The van der Waals surface area contributed by atoms with E-state index in [1.807, 2.05) is 31.2 Å². The first-order chi connectivity index (χ1) is 14.4. The number of aromatic nitrogens is 3. The summed E-state index contributed by atoms with van der Waals surface area (Å²) in [5, 5.41) is 9.70. The lowest BCUT2D eigenvalue weighted by molar-refractivity contribution is -0.121. The molecule has 0 radical (unpaired) electrons. The van der Waals surface area contributed by atoms with Crippen LogP contribution in [0.5, 0.6) is 11.5 Å². The van der Waals surface area contributed by atoms with Gasteiger partial charge in [0, 0.05) is 12.1 Å². The maximum atomic E-state index is 12.5. The van der Waals surface area contributed by atoms with E-state index in [0.717, 1.165) is 11.1 Å². The SMILES string of the molecule is COc1cc(CNC(=O)Cn2c(-c3ccc(C)cc3)n[nH]c2=S)ccc1OC(F)F. The summed E-state index contributed by atoms with van der Waals surface area (Å²) >= 11 is 5.25. The van der Waals surface area contributed by atoms with Gasteiger partial charge in [-0.3, -0.25) is 14.5 Å². The summed E-state index contributed by atoms with van der Waals surface area (Å²) in [4.78, 5) is 12.5. The van der Waals surface area contributed by atoms with Gasteiger partial charge in [-0.25, -0.2) is 0 Å². The van der Waals surface area contributed by atoms with Crippen LogP contribution in [0.15, 0.2) is 42.5 Å². The zero-order chi connectivity index (χ0) is 21.7. The van der Waals surface area contributed by atoms with Gasteiger partial charge in [-0.05, 0) is 36.8 Å². The fourth-order valence-electron chi connectivity index (χ4n) is 2.80. The van der Waals surface area contributed by atoms with Crippen LogP contribution in [0.2, 0.25) is 0 Å². The van der Waals surface area contributed by atoms with Crippen LogP contribution in [0.4, 0.5) is 8.78 Å². The van der Waals surface area contributed by atoms with Crippen molar-refractivity contribution in [3.63, 3.8) is 0 Å². The number of ether oxygens (including phenoxy) is 2. The zero-order valence-corrected chi connectivity index (χ0v) is 17.1. The molecule has 1 amide bonds. The molecule has 3 aromatic rings. The number of aryl methyl sites for hydroxylation is 1. The molecule has 0 aliphatic rings. The molecule has 0 saturated carbocycles. The van der Waals surface area contributed by atoms with Crippen molar-refractivity contribution in [1.29, 1.82) is 0 Å². The second-order valence-corrected chi connectivity index (χ2v) is 6.83. The van der Waals surface area contributed by atoms with Crippen molar-refractivity contribution in [2.75, 3.05) is 7.11 Å². The first-order valence-electron chi connectivity index (χ1n) is 8.98. The average molecular weight is 434 g/mol. The predicted molar refractivity (Wildman–Crippen MR) is 109 cm³/mol. The van der Waals surface area contributed by atoms with E-state index in [1.54, 1.807) is 10.6 Å². The van der Waals surface area contributed by atoms with E-state index >= 15 is 0 Å². The van der Waals surface area contributed by atoms with Crippen LogP contribution in [0.3, 0.4) is 0 Å². The molecule has 0 spiro atoms. The molecule has 1 aromatic heterocycles. The highest BCUT2D eigenvalue weighted by molar-refractivity contribution is 7.71. The number of aromatic amines is 1. The quantitative estimate of drug-likeness (QED) is 0.527. The molecule has 3 rings (SSSR count). The number of halogens is 2. The number of carbonyl (C=O) groups excluding carboxylic acids is 1. The lowest BCUT2D eigenvalue weighted by atomic mass is 10.1. The Morgan fingerprint density at radius 1 is 1.23 bits per heavy atom. The first-order valence-corrected chi connectivity index (χ1v) is 9.39. The number of hydrogen-bond acceptors (Lipinski definition) is 5. The van der Waals surface area contributed by atoms with Crippen LogP contribution in [0, 0.1) is 11.7 Å². The summed E-state index contributed by atoms with van der Waals surface area (Å²) in [6.07, 6.45) is 0. The number of carbonyl (C=O) groups is 1. The summed E-state index contributed by atoms with van der Waals surface area (Å²) < 4.78 is 36.2. The Morgan fingerprint density at radius 3 is 2.63 bits per heavy atom. The number of H-pyrrole nitrogens is 1. The second-order valence-electron chi connectivity index (χ2n) is 6.44. The molecule has 0 saturated heterocycles. The number of amides is 1. The van der Waals surface area contributed by atoms with Gasteiger partial charge in [0.1, 0.15) is 6.54 Å². The van der Waals surface area contributed by atoms with Crippen LogP contribution in [0.25, 0.3) is 11.4 Å². The Morgan fingerprint density at radius 2 is 1.97 bits per heavy atom. The van der Waals surface area contributed by atoms with Crippen LogP contribution in [-0.4, -0.2) is 34.4 Å². The second kappa shape index (κ2) is 9.49. The summed E-state index contributed by atoms with van der Waals surface area (Å²) in [5.74, 6) is 0.355. The van der Waals surface area contributed by atoms with Gasteiger partial charge < -0.3 is 14.8 Å². The van der Waals surface area contributed by atoms with Crippen LogP contribution in [0.1, 0.15) is 11.1 Å². The third-order valence-corrected chi connectivity index (χ3v) is 4.62. The topological polar surface area (TPSA) is 81.2 Å². The van der Waals surface area contributed by atoms with Crippen molar-refractivity contribution in [3.05, 3.63) is 58.4 Å². The van der Waals surface area contributed by atoms with Crippen molar-refractivity contribution in [2.24, 2.45) is 0 Å². The normalized spacial score (nSPS) is 10.8. The minimum absolute atomic E-state index is 0.0255. The molecule has 2 N–H and O–H groups in total. The van der Waals surface area contributed by atoms with E-state index in [9.17, 15) is 13.6 Å². The van der Waals surface area contributed by atoms with E-state index in [-0.39, 0.29) is 30.5 Å². The fourth-order valence-corrected chi connectivity index (χ4v) is 3.00. The van der Waals surface area contributed by atoms with Crippen molar-refractivity contribution in [2.45, 2.75) is 26.6 Å². The molecule has 0 aliphatic heterocycles. The summed E-state index contributed by atoms with van der Waals surface area (Å²) in [6, 6.07) is 12.2. The Balaban J connectivity index is 1.68. The van der Waals surface area contributed by atoms with E-state index in [1.165, 1.54) is 19.2 Å². The molecule has 0 atom stereocenters. The smallest absolute Gasteiger partial charge is 0.387 e. The number of nitrogens with zero attached hydrogens (tertiary/aromatic N) is 2. The maximum absolute atomic E-state index is 12.5. The maximum Gasteiger partial charge on any atom is 0.387 e. The predicted octanol–water partition coefficient (Wildman–Crippen LogP) is 3.84. The molecular formula is C20H20F2N4O3S. The fraction of sp³-hybridized carbons (Fsp3) is 0.250. The molecular weight excluding hydrogens is 414 g/mol. The molecule has 0 aliphatic carbocycles. The number of nitrogens with one attached hydrogen (secondary N) is 2. The summed E-state index contributed by atoms with van der Waals surface area (Å²) in [5.41, 5.74) is 2.61. The molecule has 158 valence electrons. The largest absolute Gasteiger partial charge is 0.493 e. The highest BCUT2D eigenvalue weighted by atomic mass is 32.1. The third kappa shape index (κ3) is 5.20. The van der Waals surface area contributed by atoms with Crippen LogP contribution >= 0.6 is 12.2 Å². The number of hydrogen-bond donors (Lipinski definition) is 2. The lowest BCUT2D eigenvalue weighted by Gasteiger charge is -2.12. The van der Waals surface area contributed by atoms with Crippen molar-refractivity contribution in [3.8, 4) is 22.9 Å². The first kappa shape index (κ1) is 21.4. The molecule has 1 heterocycles. The average Bonchev–Trinajstić information content (AvgIpc) is 3.07. The highest BCUT2D eigenvalue weighted by Crippen LogP contribution is 2.29.